The Morgan fingerprint density at radius 1 is 1.29 bits per heavy atom. The predicted molar refractivity (Wildman–Crippen MR) is 84.7 cm³/mol. The number of methoxy groups -OCH3 is 1. The van der Waals surface area contributed by atoms with Gasteiger partial charge in [-0.2, -0.15) is 0 Å². The van der Waals surface area contributed by atoms with Crippen LogP contribution >= 0.6 is 11.6 Å². The second-order valence-corrected chi connectivity index (χ2v) is 6.19. The quantitative estimate of drug-likeness (QED) is 0.874. The third-order valence-electron chi connectivity index (χ3n) is 4.03. The Morgan fingerprint density at radius 3 is 2.71 bits per heavy atom. The summed E-state index contributed by atoms with van der Waals surface area (Å²) in [5, 5.41) is 4.09. The maximum absolute atomic E-state index is 6.22. The van der Waals surface area contributed by atoms with Crippen molar-refractivity contribution in [1.29, 1.82) is 0 Å². The Kier molecular flexibility index (Phi) is 4.88. The monoisotopic (exact) mass is 310 g/mol. The van der Waals surface area contributed by atoms with Crippen LogP contribution in [0.3, 0.4) is 0 Å². The number of halogens is 1. The van der Waals surface area contributed by atoms with E-state index in [1.807, 2.05) is 12.1 Å². The summed E-state index contributed by atoms with van der Waals surface area (Å²) in [4.78, 5) is 2.48. The molecule has 1 aromatic rings. The summed E-state index contributed by atoms with van der Waals surface area (Å²) in [5.41, 5.74) is 1.16. The van der Waals surface area contributed by atoms with Gasteiger partial charge in [0.15, 0.2) is 11.5 Å². The summed E-state index contributed by atoms with van der Waals surface area (Å²) in [6.07, 6.45) is 3.59. The van der Waals surface area contributed by atoms with Gasteiger partial charge in [0, 0.05) is 49.4 Å². The van der Waals surface area contributed by atoms with Crippen molar-refractivity contribution in [3.8, 4) is 11.5 Å². The van der Waals surface area contributed by atoms with Crippen LogP contribution in [-0.2, 0) is 6.42 Å². The minimum atomic E-state index is 0.359. The Bertz CT molecular complexity index is 485. The fraction of sp³-hybridized carbons (Fsp3) is 0.625. The molecule has 3 rings (SSSR count). The van der Waals surface area contributed by atoms with Crippen LogP contribution in [0.1, 0.15) is 18.4 Å². The highest BCUT2D eigenvalue weighted by molar-refractivity contribution is 6.30. The van der Waals surface area contributed by atoms with Gasteiger partial charge in [0.2, 0.25) is 0 Å². The number of ether oxygens (including phenoxy) is 2. The van der Waals surface area contributed by atoms with Crippen molar-refractivity contribution < 1.29 is 9.47 Å². The van der Waals surface area contributed by atoms with Crippen LogP contribution in [0.25, 0.3) is 0 Å². The fourth-order valence-corrected chi connectivity index (χ4v) is 2.89. The number of benzene rings is 1. The molecular formula is C16H23ClN2O2. The first kappa shape index (κ1) is 14.9. The van der Waals surface area contributed by atoms with Crippen molar-refractivity contribution in [2.45, 2.75) is 25.4 Å². The zero-order valence-electron chi connectivity index (χ0n) is 12.5. The molecular weight excluding hydrogens is 288 g/mol. The second kappa shape index (κ2) is 6.86. The van der Waals surface area contributed by atoms with E-state index in [9.17, 15) is 0 Å². The highest BCUT2D eigenvalue weighted by atomic mass is 35.5. The molecule has 0 aromatic heterocycles. The lowest BCUT2D eigenvalue weighted by atomic mass is 10.1. The molecule has 0 amide bonds. The molecule has 21 heavy (non-hydrogen) atoms. The number of nitrogens with one attached hydrogen (secondary N) is 1. The fourth-order valence-electron chi connectivity index (χ4n) is 2.66. The van der Waals surface area contributed by atoms with Crippen LogP contribution in [0.4, 0.5) is 0 Å². The van der Waals surface area contributed by atoms with Gasteiger partial charge in [-0.05, 0) is 25.3 Å². The zero-order valence-corrected chi connectivity index (χ0v) is 13.3. The summed E-state index contributed by atoms with van der Waals surface area (Å²) in [5.74, 6) is 1.64. The van der Waals surface area contributed by atoms with Crippen molar-refractivity contribution in [1.82, 2.24) is 10.2 Å². The van der Waals surface area contributed by atoms with Crippen LogP contribution in [0.15, 0.2) is 12.1 Å². The average Bonchev–Trinajstić information content (AvgIpc) is 3.32. The largest absolute Gasteiger partial charge is 0.493 e. The van der Waals surface area contributed by atoms with Gasteiger partial charge in [0.25, 0.3) is 0 Å². The Balaban J connectivity index is 1.72. The second-order valence-electron chi connectivity index (χ2n) is 5.76. The summed E-state index contributed by atoms with van der Waals surface area (Å²) in [7, 11) is 1.67. The molecule has 1 aliphatic carbocycles. The van der Waals surface area contributed by atoms with Gasteiger partial charge in [-0.3, -0.25) is 0 Å². The van der Waals surface area contributed by atoms with E-state index in [-0.39, 0.29) is 0 Å². The molecule has 0 atom stereocenters. The molecule has 0 bridgehead atoms. The number of piperazine rings is 1. The van der Waals surface area contributed by atoms with Gasteiger partial charge in [-0.1, -0.05) is 11.6 Å². The molecule has 1 heterocycles. The van der Waals surface area contributed by atoms with Gasteiger partial charge >= 0.3 is 0 Å². The molecule has 1 saturated heterocycles. The van der Waals surface area contributed by atoms with E-state index in [0.29, 0.717) is 11.1 Å². The minimum absolute atomic E-state index is 0.359. The average molecular weight is 311 g/mol. The molecule has 1 aliphatic heterocycles. The van der Waals surface area contributed by atoms with Crippen LogP contribution in [0.5, 0.6) is 11.5 Å². The lowest BCUT2D eigenvalue weighted by Crippen LogP contribution is -2.44. The van der Waals surface area contributed by atoms with Crippen molar-refractivity contribution >= 4 is 11.6 Å². The van der Waals surface area contributed by atoms with Gasteiger partial charge < -0.3 is 19.7 Å². The standard InChI is InChI=1S/C16H23ClN2O2/c1-20-15-11-13(17)10-12(16(15)21-14-2-3-14)4-7-19-8-5-18-6-9-19/h10-11,14,18H,2-9H2,1H3. The van der Waals surface area contributed by atoms with E-state index in [2.05, 4.69) is 10.2 Å². The van der Waals surface area contributed by atoms with Crippen LogP contribution in [-0.4, -0.2) is 50.8 Å². The first-order valence-corrected chi connectivity index (χ1v) is 8.10. The van der Waals surface area contributed by atoms with Crippen LogP contribution < -0.4 is 14.8 Å². The highest BCUT2D eigenvalue weighted by Crippen LogP contribution is 2.39. The summed E-state index contributed by atoms with van der Waals surface area (Å²) >= 11 is 6.22. The molecule has 0 radical (unpaired) electrons. The third kappa shape index (κ3) is 4.02. The third-order valence-corrected chi connectivity index (χ3v) is 4.25. The van der Waals surface area contributed by atoms with E-state index in [4.69, 9.17) is 21.1 Å². The van der Waals surface area contributed by atoms with E-state index >= 15 is 0 Å². The van der Waals surface area contributed by atoms with Crippen molar-refractivity contribution in [3.63, 3.8) is 0 Å². The van der Waals surface area contributed by atoms with E-state index in [1.165, 1.54) is 0 Å². The van der Waals surface area contributed by atoms with E-state index in [1.54, 1.807) is 7.11 Å². The Labute approximate surface area is 131 Å². The lowest BCUT2D eigenvalue weighted by Gasteiger charge is -2.27. The smallest absolute Gasteiger partial charge is 0.164 e. The summed E-state index contributed by atoms with van der Waals surface area (Å²) in [6, 6.07) is 3.86. The molecule has 2 fully saturated rings. The van der Waals surface area contributed by atoms with Gasteiger partial charge in [-0.25, -0.2) is 0 Å². The number of hydrogen-bond acceptors (Lipinski definition) is 4. The first-order chi connectivity index (χ1) is 10.3. The number of rotatable bonds is 6. The molecule has 5 heteroatoms. The predicted octanol–water partition coefficient (Wildman–Crippen LogP) is 2.34. The molecule has 1 saturated carbocycles. The molecule has 0 spiro atoms. The normalized spacial score (nSPS) is 19.5. The Hall–Kier alpha value is -0.970. The molecule has 1 N–H and O–H groups in total. The van der Waals surface area contributed by atoms with Crippen LogP contribution in [0.2, 0.25) is 5.02 Å². The first-order valence-electron chi connectivity index (χ1n) is 7.72. The Morgan fingerprint density at radius 2 is 2.05 bits per heavy atom. The molecule has 0 unspecified atom stereocenters. The SMILES string of the molecule is COc1cc(Cl)cc(CCN2CCNCC2)c1OC1CC1. The summed E-state index contributed by atoms with van der Waals surface area (Å²) < 4.78 is 11.5. The summed E-state index contributed by atoms with van der Waals surface area (Å²) in [6.45, 7) is 5.40. The maximum atomic E-state index is 6.22. The van der Waals surface area contributed by atoms with E-state index < -0.39 is 0 Å². The minimum Gasteiger partial charge on any atom is -0.493 e. The van der Waals surface area contributed by atoms with Gasteiger partial charge in [0.1, 0.15) is 0 Å². The molecule has 2 aliphatic rings. The van der Waals surface area contributed by atoms with Crippen LogP contribution in [0, 0.1) is 0 Å². The van der Waals surface area contributed by atoms with Crippen molar-refractivity contribution in [2.75, 3.05) is 39.8 Å². The van der Waals surface area contributed by atoms with Crippen molar-refractivity contribution in [2.24, 2.45) is 0 Å². The molecule has 116 valence electrons. The lowest BCUT2D eigenvalue weighted by molar-refractivity contribution is 0.240. The van der Waals surface area contributed by atoms with E-state index in [0.717, 1.165) is 69.0 Å². The number of nitrogens with zero attached hydrogens (tertiary/aromatic N) is 1. The van der Waals surface area contributed by atoms with Gasteiger partial charge in [-0.15, -0.1) is 0 Å². The van der Waals surface area contributed by atoms with Crippen molar-refractivity contribution in [3.05, 3.63) is 22.7 Å². The topological polar surface area (TPSA) is 33.7 Å². The zero-order chi connectivity index (χ0) is 14.7. The maximum Gasteiger partial charge on any atom is 0.164 e. The molecule has 1 aromatic carbocycles. The number of hydrogen-bond donors (Lipinski definition) is 1. The van der Waals surface area contributed by atoms with Gasteiger partial charge in [0.05, 0.1) is 13.2 Å². The molecule has 4 nitrogen and oxygen atoms in total. The highest BCUT2D eigenvalue weighted by Gasteiger charge is 2.26.